The van der Waals surface area contributed by atoms with Crippen LogP contribution in [-0.2, 0) is 9.59 Å². The van der Waals surface area contributed by atoms with E-state index in [4.69, 9.17) is 10.2 Å². The number of hydrogen-bond donors (Lipinski definition) is 4. The molecule has 0 saturated carbocycles. The van der Waals surface area contributed by atoms with Crippen LogP contribution in [-0.4, -0.2) is 44.3 Å². The maximum Gasteiger partial charge on any atom is 0.335 e. The van der Waals surface area contributed by atoms with Crippen molar-refractivity contribution in [1.82, 2.24) is 0 Å². The van der Waals surface area contributed by atoms with Crippen molar-refractivity contribution in [1.29, 1.82) is 0 Å². The second-order valence-electron chi connectivity index (χ2n) is 3.52. The zero-order chi connectivity index (χ0) is 14.6. The van der Waals surface area contributed by atoms with E-state index >= 15 is 0 Å². The van der Waals surface area contributed by atoms with Gasteiger partial charge in [-0.25, -0.2) is 4.79 Å². The largest absolute Gasteiger partial charge is 0.479 e. The van der Waals surface area contributed by atoms with Crippen LogP contribution in [0.1, 0.15) is 0 Å². The Morgan fingerprint density at radius 1 is 1.16 bits per heavy atom. The fraction of sp³-hybridized carbons (Fsp3) is 0.200. The lowest BCUT2D eigenvalue weighted by Gasteiger charge is -2.13. The molecule has 1 aromatic carbocycles. The van der Waals surface area contributed by atoms with Crippen molar-refractivity contribution in [3.8, 4) is 0 Å². The van der Waals surface area contributed by atoms with Gasteiger partial charge in [-0.05, 0) is 12.1 Å². The molecule has 4 N–H and O–H groups in total. The van der Waals surface area contributed by atoms with Crippen LogP contribution in [0.3, 0.4) is 0 Å². The maximum absolute atomic E-state index is 11.4. The minimum absolute atomic E-state index is 0.118. The molecule has 0 radical (unpaired) electrons. The van der Waals surface area contributed by atoms with Crippen molar-refractivity contribution in [2.45, 2.75) is 12.2 Å². The molecule has 0 bridgehead atoms. The summed E-state index contributed by atoms with van der Waals surface area (Å²) in [5, 5.41) is 39.1. The summed E-state index contributed by atoms with van der Waals surface area (Å²) in [5.74, 6) is -2.88. The molecule has 9 nitrogen and oxygen atoms in total. The molecular formula is C10H10N2O7. The quantitative estimate of drug-likeness (QED) is 0.409. The molecule has 102 valence electrons. The van der Waals surface area contributed by atoms with E-state index in [-0.39, 0.29) is 11.4 Å². The van der Waals surface area contributed by atoms with E-state index in [0.29, 0.717) is 0 Å². The highest BCUT2D eigenvalue weighted by Gasteiger charge is 2.30. The smallest absolute Gasteiger partial charge is 0.335 e. The third kappa shape index (κ3) is 3.72. The number of benzene rings is 1. The fourth-order valence-corrected chi connectivity index (χ4v) is 1.16. The number of nitrogens with zero attached hydrogens (tertiary/aromatic N) is 1. The number of nitro benzene ring substituents is 1. The molecule has 0 aromatic heterocycles. The number of rotatable bonds is 5. The highest BCUT2D eigenvalue weighted by atomic mass is 16.6. The van der Waals surface area contributed by atoms with Crippen molar-refractivity contribution < 1.29 is 29.8 Å². The number of hydrogen-bond acceptors (Lipinski definition) is 6. The SMILES string of the molecule is O=C(O)C(O)C(O)C(=O)Nc1ccc([N+](=O)[O-])cc1. The Balaban J connectivity index is 2.71. The molecule has 9 heteroatoms. The Morgan fingerprint density at radius 3 is 2.11 bits per heavy atom. The number of nitrogens with one attached hydrogen (secondary N) is 1. The number of aliphatic hydroxyl groups is 2. The Kier molecular flexibility index (Phi) is 4.51. The first kappa shape index (κ1) is 14.5. The number of amides is 1. The lowest BCUT2D eigenvalue weighted by molar-refractivity contribution is -0.384. The minimum atomic E-state index is -2.25. The van der Waals surface area contributed by atoms with Gasteiger partial charge in [0.1, 0.15) is 0 Å². The molecule has 1 rings (SSSR count). The van der Waals surface area contributed by atoms with E-state index in [2.05, 4.69) is 5.32 Å². The predicted molar refractivity (Wildman–Crippen MR) is 61.4 cm³/mol. The Hall–Kier alpha value is -2.52. The molecule has 0 heterocycles. The van der Waals surface area contributed by atoms with Gasteiger partial charge >= 0.3 is 5.97 Å². The summed E-state index contributed by atoms with van der Waals surface area (Å²) in [4.78, 5) is 31.5. The zero-order valence-corrected chi connectivity index (χ0v) is 9.39. The number of anilines is 1. The van der Waals surface area contributed by atoms with Gasteiger partial charge < -0.3 is 20.6 Å². The number of carbonyl (C=O) groups excluding carboxylic acids is 1. The van der Waals surface area contributed by atoms with Crippen molar-refractivity contribution >= 4 is 23.3 Å². The maximum atomic E-state index is 11.4. The van der Waals surface area contributed by atoms with Gasteiger partial charge in [0.25, 0.3) is 11.6 Å². The number of aliphatic carboxylic acids is 1. The number of aliphatic hydroxyl groups excluding tert-OH is 2. The molecule has 0 spiro atoms. The Labute approximate surface area is 106 Å². The Morgan fingerprint density at radius 2 is 1.68 bits per heavy atom. The van der Waals surface area contributed by atoms with E-state index in [1.165, 1.54) is 12.1 Å². The lowest BCUT2D eigenvalue weighted by atomic mass is 10.2. The molecule has 0 aliphatic carbocycles. The minimum Gasteiger partial charge on any atom is -0.479 e. The molecule has 0 aliphatic heterocycles. The van der Waals surface area contributed by atoms with E-state index in [1.54, 1.807) is 0 Å². The molecular weight excluding hydrogens is 260 g/mol. The van der Waals surface area contributed by atoms with Gasteiger partial charge in [0, 0.05) is 17.8 Å². The normalized spacial score (nSPS) is 13.4. The average molecular weight is 270 g/mol. The highest BCUT2D eigenvalue weighted by Crippen LogP contribution is 2.15. The van der Waals surface area contributed by atoms with E-state index in [1.807, 2.05) is 0 Å². The van der Waals surface area contributed by atoms with Gasteiger partial charge in [-0.3, -0.25) is 14.9 Å². The molecule has 0 fully saturated rings. The van der Waals surface area contributed by atoms with Gasteiger partial charge in [0.2, 0.25) is 0 Å². The van der Waals surface area contributed by atoms with E-state index in [0.717, 1.165) is 12.1 Å². The van der Waals surface area contributed by atoms with Crippen LogP contribution in [0.2, 0.25) is 0 Å². The number of non-ortho nitro benzene ring substituents is 1. The molecule has 1 aromatic rings. The molecule has 19 heavy (non-hydrogen) atoms. The number of carbonyl (C=O) groups is 2. The summed E-state index contributed by atoms with van der Waals surface area (Å²) >= 11 is 0. The standard InChI is InChI=1S/C10H10N2O7/c13-7(8(14)10(16)17)9(15)11-5-1-3-6(4-2-5)12(18)19/h1-4,7-8,13-14H,(H,11,15)(H,16,17). The van der Waals surface area contributed by atoms with Crippen LogP contribution in [0, 0.1) is 10.1 Å². The monoisotopic (exact) mass is 270 g/mol. The second-order valence-corrected chi connectivity index (χ2v) is 3.52. The van der Waals surface area contributed by atoms with Gasteiger partial charge in [-0.1, -0.05) is 0 Å². The topological polar surface area (TPSA) is 150 Å². The summed E-state index contributed by atoms with van der Waals surface area (Å²) in [6.45, 7) is 0. The number of carboxylic acids is 1. The van der Waals surface area contributed by atoms with Crippen molar-refractivity contribution in [2.75, 3.05) is 5.32 Å². The molecule has 2 atom stereocenters. The van der Waals surface area contributed by atoms with Gasteiger partial charge in [0.15, 0.2) is 12.2 Å². The summed E-state index contributed by atoms with van der Waals surface area (Å²) in [7, 11) is 0. The summed E-state index contributed by atoms with van der Waals surface area (Å²) < 4.78 is 0. The zero-order valence-electron chi connectivity index (χ0n) is 9.39. The van der Waals surface area contributed by atoms with Crippen molar-refractivity contribution in [3.05, 3.63) is 34.4 Å². The van der Waals surface area contributed by atoms with Gasteiger partial charge in [-0.2, -0.15) is 0 Å². The van der Waals surface area contributed by atoms with Gasteiger partial charge in [0.05, 0.1) is 4.92 Å². The molecule has 1 amide bonds. The summed E-state index contributed by atoms with van der Waals surface area (Å²) in [6, 6.07) is 4.65. The lowest BCUT2D eigenvalue weighted by Crippen LogP contribution is -2.42. The fourth-order valence-electron chi connectivity index (χ4n) is 1.16. The molecule has 0 saturated heterocycles. The van der Waals surface area contributed by atoms with E-state index < -0.39 is 29.0 Å². The molecule has 2 unspecified atom stereocenters. The first-order chi connectivity index (χ1) is 8.82. The second kappa shape index (κ2) is 5.89. The first-order valence-corrected chi connectivity index (χ1v) is 4.97. The summed E-state index contributed by atoms with van der Waals surface area (Å²) in [6.07, 6.45) is -4.40. The van der Waals surface area contributed by atoms with Crippen LogP contribution in [0.5, 0.6) is 0 Å². The average Bonchev–Trinajstić information content (AvgIpc) is 2.37. The van der Waals surface area contributed by atoms with E-state index in [9.17, 15) is 24.8 Å². The van der Waals surface area contributed by atoms with Crippen molar-refractivity contribution in [2.24, 2.45) is 0 Å². The van der Waals surface area contributed by atoms with Crippen molar-refractivity contribution in [3.63, 3.8) is 0 Å². The third-order valence-corrected chi connectivity index (χ3v) is 2.17. The third-order valence-electron chi connectivity index (χ3n) is 2.17. The first-order valence-electron chi connectivity index (χ1n) is 4.97. The van der Waals surface area contributed by atoms with Crippen LogP contribution < -0.4 is 5.32 Å². The predicted octanol–water partition coefficient (Wildman–Crippen LogP) is -0.660. The van der Waals surface area contributed by atoms with Gasteiger partial charge in [-0.15, -0.1) is 0 Å². The van der Waals surface area contributed by atoms with Crippen LogP contribution in [0.15, 0.2) is 24.3 Å². The number of nitro groups is 1. The molecule has 0 aliphatic rings. The number of carboxylic acid groups (broad SMARTS) is 1. The van der Waals surface area contributed by atoms with Crippen LogP contribution in [0.25, 0.3) is 0 Å². The van der Waals surface area contributed by atoms with Crippen LogP contribution >= 0.6 is 0 Å². The van der Waals surface area contributed by atoms with Crippen LogP contribution in [0.4, 0.5) is 11.4 Å². The Bertz CT molecular complexity index is 499. The summed E-state index contributed by atoms with van der Waals surface area (Å²) in [5.41, 5.74) is -0.0728. The highest BCUT2D eigenvalue weighted by molar-refractivity contribution is 5.97.